The summed E-state index contributed by atoms with van der Waals surface area (Å²) in [5, 5.41) is 14.1. The molecule has 0 spiro atoms. The minimum Gasteiger partial charge on any atom is -0.357 e. The number of anilines is 1. The van der Waals surface area contributed by atoms with Gasteiger partial charge < -0.3 is 5.32 Å². The van der Waals surface area contributed by atoms with Gasteiger partial charge in [-0.25, -0.2) is 0 Å². The second-order valence-corrected chi connectivity index (χ2v) is 7.08. The molecule has 0 unspecified atom stereocenters. The van der Waals surface area contributed by atoms with Gasteiger partial charge in [0.1, 0.15) is 5.01 Å². The molecule has 0 aliphatic heterocycles. The number of nitrogens with zero attached hydrogens (tertiary/aromatic N) is 2. The number of hydrogen-bond acceptors (Lipinski definition) is 4. The van der Waals surface area contributed by atoms with E-state index in [1.54, 1.807) is 11.3 Å². The topological polar surface area (TPSA) is 37.8 Å². The molecule has 4 heteroatoms. The van der Waals surface area contributed by atoms with Crippen molar-refractivity contribution in [1.29, 1.82) is 0 Å². The summed E-state index contributed by atoms with van der Waals surface area (Å²) in [5.74, 6) is 1.35. The average Bonchev–Trinajstić information content (AvgIpc) is 2.81. The molecule has 2 aromatic rings. The van der Waals surface area contributed by atoms with Crippen LogP contribution in [-0.2, 0) is 6.42 Å². The van der Waals surface area contributed by atoms with Crippen molar-refractivity contribution in [1.82, 2.24) is 10.2 Å². The molecule has 106 valence electrons. The molecule has 1 aliphatic carbocycles. The lowest BCUT2D eigenvalue weighted by Gasteiger charge is -2.36. The quantitative estimate of drug-likeness (QED) is 0.900. The fraction of sp³-hybridized carbons (Fsp3) is 0.500. The molecule has 1 heterocycles. The number of benzene rings is 1. The Hall–Kier alpha value is -1.42. The van der Waals surface area contributed by atoms with Crippen LogP contribution in [0.15, 0.2) is 30.3 Å². The minimum atomic E-state index is 0.556. The predicted octanol–water partition coefficient (Wildman–Crippen LogP) is 4.09. The lowest BCUT2D eigenvalue weighted by Crippen LogP contribution is -2.33. The zero-order chi connectivity index (χ0) is 13.9. The molecule has 1 fully saturated rings. The van der Waals surface area contributed by atoms with E-state index in [1.807, 2.05) is 0 Å². The Kier molecular flexibility index (Phi) is 4.01. The molecule has 0 saturated heterocycles. The molecule has 0 radical (unpaired) electrons. The van der Waals surface area contributed by atoms with Crippen LogP contribution in [0, 0.1) is 5.92 Å². The van der Waals surface area contributed by atoms with Crippen molar-refractivity contribution >= 4 is 16.5 Å². The van der Waals surface area contributed by atoms with Gasteiger partial charge in [-0.05, 0) is 30.2 Å². The number of aromatic nitrogens is 2. The molecule has 3 rings (SSSR count). The van der Waals surface area contributed by atoms with Gasteiger partial charge in [0.25, 0.3) is 0 Å². The van der Waals surface area contributed by atoms with Gasteiger partial charge in [0.15, 0.2) is 0 Å². The summed E-state index contributed by atoms with van der Waals surface area (Å²) >= 11 is 1.70. The zero-order valence-electron chi connectivity index (χ0n) is 12.0. The highest BCUT2D eigenvalue weighted by molar-refractivity contribution is 7.15. The summed E-state index contributed by atoms with van der Waals surface area (Å²) in [4.78, 5) is 0. The van der Waals surface area contributed by atoms with Gasteiger partial charge in [0.2, 0.25) is 5.13 Å². The first kappa shape index (κ1) is 13.6. The van der Waals surface area contributed by atoms with E-state index < -0.39 is 0 Å². The van der Waals surface area contributed by atoms with E-state index in [9.17, 15) is 0 Å². The van der Waals surface area contributed by atoms with Gasteiger partial charge in [-0.2, -0.15) is 0 Å². The molecule has 1 aliphatic rings. The third kappa shape index (κ3) is 3.18. The molecule has 0 atom stereocenters. The van der Waals surface area contributed by atoms with Crippen molar-refractivity contribution in [2.75, 3.05) is 5.32 Å². The van der Waals surface area contributed by atoms with Crippen LogP contribution in [0.4, 0.5) is 5.13 Å². The fourth-order valence-corrected chi connectivity index (χ4v) is 3.68. The maximum atomic E-state index is 4.25. The van der Waals surface area contributed by atoms with Crippen molar-refractivity contribution in [3.05, 3.63) is 40.9 Å². The summed E-state index contributed by atoms with van der Waals surface area (Å²) in [6, 6.07) is 11.3. The van der Waals surface area contributed by atoms with Gasteiger partial charge in [-0.15, -0.1) is 10.2 Å². The Morgan fingerprint density at radius 2 is 1.95 bits per heavy atom. The highest BCUT2D eigenvalue weighted by Crippen LogP contribution is 2.38. The SMILES string of the molecule is CC(C)Cc1nnc(NC2CC(c3ccccc3)C2)s1. The van der Waals surface area contributed by atoms with Crippen LogP contribution < -0.4 is 5.32 Å². The van der Waals surface area contributed by atoms with E-state index in [1.165, 1.54) is 18.4 Å². The van der Waals surface area contributed by atoms with E-state index in [2.05, 4.69) is 59.7 Å². The first-order chi connectivity index (χ1) is 9.70. The Balaban J connectivity index is 1.50. The van der Waals surface area contributed by atoms with Gasteiger partial charge in [0, 0.05) is 12.5 Å². The van der Waals surface area contributed by atoms with Crippen LogP contribution >= 0.6 is 11.3 Å². The largest absolute Gasteiger partial charge is 0.357 e. The molecule has 1 aromatic carbocycles. The van der Waals surface area contributed by atoms with Crippen LogP contribution in [0.25, 0.3) is 0 Å². The molecule has 1 N–H and O–H groups in total. The minimum absolute atomic E-state index is 0.556. The van der Waals surface area contributed by atoms with Gasteiger partial charge in [-0.3, -0.25) is 0 Å². The number of nitrogens with one attached hydrogen (secondary N) is 1. The maximum absolute atomic E-state index is 4.25. The van der Waals surface area contributed by atoms with Crippen LogP contribution in [0.2, 0.25) is 0 Å². The lowest BCUT2D eigenvalue weighted by atomic mass is 9.76. The normalized spacial score (nSPS) is 21.8. The Morgan fingerprint density at radius 3 is 2.65 bits per heavy atom. The predicted molar refractivity (Wildman–Crippen MR) is 84.3 cm³/mol. The van der Waals surface area contributed by atoms with Crippen LogP contribution in [0.1, 0.15) is 43.2 Å². The highest BCUT2D eigenvalue weighted by Gasteiger charge is 2.30. The number of hydrogen-bond donors (Lipinski definition) is 1. The molecule has 1 aromatic heterocycles. The van der Waals surface area contributed by atoms with Crippen molar-refractivity contribution in [2.24, 2.45) is 5.92 Å². The summed E-state index contributed by atoms with van der Waals surface area (Å²) in [5.41, 5.74) is 1.46. The van der Waals surface area contributed by atoms with Gasteiger partial charge >= 0.3 is 0 Å². The molecule has 1 saturated carbocycles. The Bertz CT molecular complexity index is 544. The summed E-state index contributed by atoms with van der Waals surface area (Å²) in [6.07, 6.45) is 3.42. The van der Waals surface area contributed by atoms with Crippen molar-refractivity contribution in [3.63, 3.8) is 0 Å². The van der Waals surface area contributed by atoms with Crippen LogP contribution in [0.3, 0.4) is 0 Å². The van der Waals surface area contributed by atoms with Crippen LogP contribution in [-0.4, -0.2) is 16.2 Å². The van der Waals surface area contributed by atoms with Gasteiger partial charge in [-0.1, -0.05) is 55.5 Å². The van der Waals surface area contributed by atoms with E-state index >= 15 is 0 Å². The second-order valence-electron chi connectivity index (χ2n) is 6.02. The van der Waals surface area contributed by atoms with Crippen molar-refractivity contribution in [2.45, 2.75) is 45.1 Å². The molecular weight excluding hydrogens is 266 g/mol. The molecule has 0 bridgehead atoms. The van der Waals surface area contributed by atoms with Crippen LogP contribution in [0.5, 0.6) is 0 Å². The summed E-state index contributed by atoms with van der Waals surface area (Å²) in [7, 11) is 0. The smallest absolute Gasteiger partial charge is 0.205 e. The highest BCUT2D eigenvalue weighted by atomic mass is 32.1. The van der Waals surface area contributed by atoms with E-state index in [0.29, 0.717) is 17.9 Å². The van der Waals surface area contributed by atoms with E-state index in [0.717, 1.165) is 16.6 Å². The molecular formula is C16H21N3S. The Labute approximate surface area is 124 Å². The first-order valence-electron chi connectivity index (χ1n) is 7.34. The van der Waals surface area contributed by atoms with Gasteiger partial charge in [0.05, 0.1) is 0 Å². The lowest BCUT2D eigenvalue weighted by molar-refractivity contribution is 0.374. The zero-order valence-corrected chi connectivity index (χ0v) is 12.9. The third-order valence-electron chi connectivity index (χ3n) is 3.79. The molecule has 3 nitrogen and oxygen atoms in total. The van der Waals surface area contributed by atoms with E-state index in [4.69, 9.17) is 0 Å². The van der Waals surface area contributed by atoms with Crippen molar-refractivity contribution in [3.8, 4) is 0 Å². The summed E-state index contributed by atoms with van der Waals surface area (Å²) in [6.45, 7) is 4.43. The standard InChI is InChI=1S/C16H21N3S/c1-11(2)8-15-18-19-16(20-15)17-14-9-13(10-14)12-6-4-3-5-7-12/h3-7,11,13-14H,8-10H2,1-2H3,(H,17,19). The second kappa shape index (κ2) is 5.92. The fourth-order valence-electron chi connectivity index (χ4n) is 2.65. The van der Waals surface area contributed by atoms with E-state index in [-0.39, 0.29) is 0 Å². The average molecular weight is 287 g/mol. The summed E-state index contributed by atoms with van der Waals surface area (Å²) < 4.78 is 0. The molecule has 20 heavy (non-hydrogen) atoms. The maximum Gasteiger partial charge on any atom is 0.205 e. The Morgan fingerprint density at radius 1 is 1.20 bits per heavy atom. The first-order valence-corrected chi connectivity index (χ1v) is 8.16. The monoisotopic (exact) mass is 287 g/mol. The molecule has 0 amide bonds. The van der Waals surface area contributed by atoms with Crippen molar-refractivity contribution < 1.29 is 0 Å². The number of rotatable bonds is 5. The third-order valence-corrected chi connectivity index (χ3v) is 4.66.